The van der Waals surface area contributed by atoms with Gasteiger partial charge in [0.2, 0.25) is 0 Å². The van der Waals surface area contributed by atoms with Crippen LogP contribution < -0.4 is 0 Å². The molecule has 0 aliphatic carbocycles. The molecule has 0 unspecified atom stereocenters. The predicted octanol–water partition coefficient (Wildman–Crippen LogP) is 2.69. The van der Waals surface area contributed by atoms with Crippen molar-refractivity contribution in [1.29, 1.82) is 0 Å². The van der Waals surface area contributed by atoms with Crippen molar-refractivity contribution >= 4 is 14.3 Å². The summed E-state index contributed by atoms with van der Waals surface area (Å²) < 4.78 is 40.6. The molecule has 0 amide bonds. The van der Waals surface area contributed by atoms with Gasteiger partial charge in [0.25, 0.3) is 8.38 Å². The molecule has 7 heteroatoms. The highest BCUT2D eigenvalue weighted by molar-refractivity contribution is 7.49. The predicted molar refractivity (Wildman–Crippen MR) is 56.3 cm³/mol. The van der Waals surface area contributed by atoms with Crippen LogP contribution in [0.4, 0.5) is 8.78 Å². The quantitative estimate of drug-likeness (QED) is 0.380. The Kier molecular flexibility index (Phi) is 7.38. The van der Waals surface area contributed by atoms with Crippen LogP contribution in [-0.4, -0.2) is 31.5 Å². The SMILES string of the molecule is C=CCOC(=O)C(F)(F)P(OCC)OCC. The van der Waals surface area contributed by atoms with Gasteiger partial charge >= 0.3 is 11.6 Å². The first-order valence-corrected chi connectivity index (χ1v) is 5.90. The Labute approximate surface area is 94.5 Å². The lowest BCUT2D eigenvalue weighted by Gasteiger charge is -2.22. The first-order valence-electron chi connectivity index (χ1n) is 4.72. The molecule has 0 aromatic rings. The van der Waals surface area contributed by atoms with Crippen molar-refractivity contribution in [3.05, 3.63) is 12.7 Å². The van der Waals surface area contributed by atoms with Crippen LogP contribution in [0.2, 0.25) is 0 Å². The average molecular weight is 256 g/mol. The lowest BCUT2D eigenvalue weighted by Crippen LogP contribution is -2.30. The van der Waals surface area contributed by atoms with Gasteiger partial charge in [-0.3, -0.25) is 0 Å². The molecule has 16 heavy (non-hydrogen) atoms. The van der Waals surface area contributed by atoms with Gasteiger partial charge in [-0.25, -0.2) is 4.79 Å². The van der Waals surface area contributed by atoms with E-state index in [-0.39, 0.29) is 19.8 Å². The van der Waals surface area contributed by atoms with E-state index in [1.807, 2.05) is 0 Å². The fraction of sp³-hybridized carbons (Fsp3) is 0.667. The number of esters is 1. The summed E-state index contributed by atoms with van der Waals surface area (Å²) in [6, 6.07) is 0. The number of halogens is 2. The second kappa shape index (κ2) is 7.65. The topological polar surface area (TPSA) is 44.8 Å². The maximum absolute atomic E-state index is 13.4. The van der Waals surface area contributed by atoms with E-state index in [2.05, 4.69) is 11.3 Å². The molecule has 0 heterocycles. The van der Waals surface area contributed by atoms with Crippen LogP contribution in [-0.2, 0) is 18.6 Å². The fourth-order valence-electron chi connectivity index (χ4n) is 0.730. The van der Waals surface area contributed by atoms with E-state index in [9.17, 15) is 13.6 Å². The van der Waals surface area contributed by atoms with Crippen molar-refractivity contribution in [3.8, 4) is 0 Å². The largest absolute Gasteiger partial charge is 0.457 e. The van der Waals surface area contributed by atoms with Crippen molar-refractivity contribution in [2.45, 2.75) is 19.5 Å². The van der Waals surface area contributed by atoms with E-state index in [1.54, 1.807) is 13.8 Å². The summed E-state index contributed by atoms with van der Waals surface area (Å²) in [6.07, 6.45) is 1.21. The highest BCUT2D eigenvalue weighted by Crippen LogP contribution is 2.54. The van der Waals surface area contributed by atoms with Gasteiger partial charge in [0.1, 0.15) is 6.61 Å². The summed E-state index contributed by atoms with van der Waals surface area (Å²) in [5, 5.41) is 0. The highest BCUT2D eigenvalue weighted by Gasteiger charge is 2.52. The van der Waals surface area contributed by atoms with Gasteiger partial charge in [0.05, 0.1) is 13.2 Å². The third-order valence-corrected chi connectivity index (χ3v) is 2.93. The number of carbonyl (C=O) groups excluding carboxylic acids is 1. The van der Waals surface area contributed by atoms with Crippen LogP contribution in [0.3, 0.4) is 0 Å². The zero-order valence-corrected chi connectivity index (χ0v) is 10.1. The van der Waals surface area contributed by atoms with Crippen LogP contribution in [0.15, 0.2) is 12.7 Å². The second-order valence-corrected chi connectivity index (χ2v) is 4.11. The molecule has 94 valence electrons. The van der Waals surface area contributed by atoms with Crippen molar-refractivity contribution < 1.29 is 27.4 Å². The van der Waals surface area contributed by atoms with Crippen LogP contribution in [0.25, 0.3) is 0 Å². The van der Waals surface area contributed by atoms with Crippen molar-refractivity contribution in [1.82, 2.24) is 0 Å². The van der Waals surface area contributed by atoms with Crippen LogP contribution >= 0.6 is 8.38 Å². The zero-order valence-electron chi connectivity index (χ0n) is 9.24. The summed E-state index contributed by atoms with van der Waals surface area (Å²) in [5.41, 5.74) is -3.76. The van der Waals surface area contributed by atoms with Gasteiger partial charge in [0.15, 0.2) is 0 Å². The second-order valence-electron chi connectivity index (χ2n) is 2.52. The Morgan fingerprint density at radius 3 is 2.25 bits per heavy atom. The normalized spacial score (nSPS) is 11.6. The molecule has 0 aliphatic rings. The number of alkyl halides is 2. The minimum atomic E-state index is -3.76. The lowest BCUT2D eigenvalue weighted by atomic mass is 10.6. The van der Waals surface area contributed by atoms with Crippen molar-refractivity contribution in [2.75, 3.05) is 19.8 Å². The average Bonchev–Trinajstić information content (AvgIpc) is 2.25. The van der Waals surface area contributed by atoms with Crippen LogP contribution in [0.5, 0.6) is 0 Å². The summed E-state index contributed by atoms with van der Waals surface area (Å²) in [5.74, 6) is -1.65. The Morgan fingerprint density at radius 1 is 1.38 bits per heavy atom. The molecule has 0 rings (SSSR count). The molecule has 0 atom stereocenters. The first-order chi connectivity index (χ1) is 7.50. The Bertz CT molecular complexity index is 230. The van der Waals surface area contributed by atoms with E-state index in [1.165, 1.54) is 6.08 Å². The van der Waals surface area contributed by atoms with Gasteiger partial charge in [0, 0.05) is 0 Å². The first kappa shape index (κ1) is 15.4. The van der Waals surface area contributed by atoms with E-state index in [4.69, 9.17) is 9.05 Å². The van der Waals surface area contributed by atoms with E-state index < -0.39 is 20.0 Å². The van der Waals surface area contributed by atoms with Crippen molar-refractivity contribution in [3.63, 3.8) is 0 Å². The summed E-state index contributed by atoms with van der Waals surface area (Å²) in [4.78, 5) is 11.1. The van der Waals surface area contributed by atoms with Crippen LogP contribution in [0.1, 0.15) is 13.8 Å². The molecule has 0 saturated heterocycles. The van der Waals surface area contributed by atoms with E-state index >= 15 is 0 Å². The number of rotatable bonds is 8. The maximum Gasteiger partial charge on any atom is 0.408 e. The van der Waals surface area contributed by atoms with Gasteiger partial charge < -0.3 is 13.8 Å². The van der Waals surface area contributed by atoms with Gasteiger partial charge in [-0.05, 0) is 13.8 Å². The number of hydrogen-bond acceptors (Lipinski definition) is 4. The minimum Gasteiger partial charge on any atom is -0.457 e. The molecular weight excluding hydrogens is 241 g/mol. The molecule has 4 nitrogen and oxygen atoms in total. The molecule has 0 spiro atoms. The third kappa shape index (κ3) is 4.51. The minimum absolute atomic E-state index is 0.0377. The molecule has 0 saturated carbocycles. The van der Waals surface area contributed by atoms with Gasteiger partial charge in [-0.15, -0.1) is 0 Å². The van der Waals surface area contributed by atoms with E-state index in [0.717, 1.165) is 0 Å². The molecule has 0 aliphatic heterocycles. The summed E-state index contributed by atoms with van der Waals surface area (Å²) >= 11 is 0. The molecule has 0 N–H and O–H groups in total. The Morgan fingerprint density at radius 2 is 1.88 bits per heavy atom. The highest BCUT2D eigenvalue weighted by atomic mass is 31.2. The molecule has 0 bridgehead atoms. The molecule has 0 radical (unpaired) electrons. The number of carbonyl (C=O) groups is 1. The zero-order chi connectivity index (χ0) is 12.6. The third-order valence-electron chi connectivity index (χ3n) is 1.30. The maximum atomic E-state index is 13.4. The smallest absolute Gasteiger partial charge is 0.408 e. The van der Waals surface area contributed by atoms with Gasteiger partial charge in [-0.1, -0.05) is 12.7 Å². The Hall–Kier alpha value is -0.580. The molecular formula is C9H15F2O4P. The summed E-state index contributed by atoms with van der Waals surface area (Å²) in [7, 11) is -2.60. The molecule has 0 fully saturated rings. The monoisotopic (exact) mass is 256 g/mol. The fourth-order valence-corrected chi connectivity index (χ4v) is 1.81. The number of hydrogen-bond donors (Lipinski definition) is 0. The molecule has 0 aromatic carbocycles. The van der Waals surface area contributed by atoms with Crippen molar-refractivity contribution in [2.24, 2.45) is 0 Å². The van der Waals surface area contributed by atoms with Gasteiger partial charge in [-0.2, -0.15) is 8.78 Å². The molecule has 0 aromatic heterocycles. The van der Waals surface area contributed by atoms with Crippen LogP contribution in [0, 0.1) is 0 Å². The number of ether oxygens (including phenoxy) is 1. The lowest BCUT2D eigenvalue weighted by molar-refractivity contribution is -0.161. The standard InChI is InChI=1S/C9H15F2O4P/c1-4-7-13-8(12)9(10,11)16(14-5-2)15-6-3/h4H,1,5-7H2,2-3H3. The van der Waals surface area contributed by atoms with E-state index in [0.29, 0.717) is 0 Å². The Balaban J connectivity index is 4.53. The summed E-state index contributed by atoms with van der Waals surface area (Å²) in [6.45, 7) is 6.14.